The van der Waals surface area contributed by atoms with E-state index in [1.54, 1.807) is 6.07 Å². The molecule has 0 spiro atoms. The first kappa shape index (κ1) is 16.5. The molecule has 2 aromatic rings. The predicted octanol–water partition coefficient (Wildman–Crippen LogP) is 2.70. The summed E-state index contributed by atoms with van der Waals surface area (Å²) in [5.41, 5.74) is 3.46. The third-order valence-corrected chi connectivity index (χ3v) is 4.44. The molecule has 126 valence electrons. The summed E-state index contributed by atoms with van der Waals surface area (Å²) < 4.78 is 0. The number of nitrogens with zero attached hydrogens (tertiary/aromatic N) is 3. The van der Waals surface area contributed by atoms with Gasteiger partial charge in [-0.25, -0.2) is 4.98 Å². The largest absolute Gasteiger partial charge is 0.354 e. The molecular weight excluding hydrogens is 300 g/mol. The zero-order valence-corrected chi connectivity index (χ0v) is 14.5. The van der Waals surface area contributed by atoms with Crippen molar-refractivity contribution in [2.75, 3.05) is 43.4 Å². The summed E-state index contributed by atoms with van der Waals surface area (Å²) in [4.78, 5) is 21.7. The van der Waals surface area contributed by atoms with Crippen LogP contribution in [0, 0.1) is 13.8 Å². The van der Waals surface area contributed by atoms with Crippen molar-refractivity contribution in [2.45, 2.75) is 13.8 Å². The van der Waals surface area contributed by atoms with E-state index in [9.17, 15) is 4.79 Å². The van der Waals surface area contributed by atoms with Crippen LogP contribution in [0.25, 0.3) is 0 Å². The highest BCUT2D eigenvalue weighted by molar-refractivity contribution is 6.03. The zero-order chi connectivity index (χ0) is 17.1. The summed E-state index contributed by atoms with van der Waals surface area (Å²) >= 11 is 0. The number of pyridine rings is 1. The Morgan fingerprint density at radius 3 is 2.58 bits per heavy atom. The second kappa shape index (κ2) is 7.01. The molecule has 0 aliphatic carbocycles. The molecule has 1 fully saturated rings. The van der Waals surface area contributed by atoms with Crippen molar-refractivity contribution in [3.8, 4) is 0 Å². The third-order valence-electron chi connectivity index (χ3n) is 4.44. The first-order valence-corrected chi connectivity index (χ1v) is 8.32. The fraction of sp³-hybridized carbons (Fsp3) is 0.368. The molecular formula is C19H24N4O. The number of piperazine rings is 1. The first-order chi connectivity index (χ1) is 11.5. The van der Waals surface area contributed by atoms with Crippen LogP contribution < -0.4 is 10.2 Å². The molecule has 1 aliphatic heterocycles. The lowest BCUT2D eigenvalue weighted by Gasteiger charge is -2.33. The van der Waals surface area contributed by atoms with Gasteiger partial charge in [-0.2, -0.15) is 0 Å². The van der Waals surface area contributed by atoms with Gasteiger partial charge in [0.15, 0.2) is 0 Å². The van der Waals surface area contributed by atoms with Gasteiger partial charge in [0.05, 0.1) is 0 Å². The summed E-state index contributed by atoms with van der Waals surface area (Å²) in [6.07, 6.45) is 0. The minimum atomic E-state index is -0.167. The summed E-state index contributed by atoms with van der Waals surface area (Å²) in [7, 11) is 2.12. The van der Waals surface area contributed by atoms with Gasteiger partial charge < -0.3 is 15.1 Å². The Balaban J connectivity index is 1.76. The smallest absolute Gasteiger partial charge is 0.274 e. The van der Waals surface area contributed by atoms with Gasteiger partial charge in [0.2, 0.25) is 0 Å². The molecule has 5 heteroatoms. The van der Waals surface area contributed by atoms with E-state index in [-0.39, 0.29) is 5.91 Å². The lowest BCUT2D eigenvalue weighted by atomic mass is 10.1. The number of benzene rings is 1. The van der Waals surface area contributed by atoms with Gasteiger partial charge in [-0.05, 0) is 50.2 Å². The van der Waals surface area contributed by atoms with E-state index in [1.165, 1.54) is 0 Å². The maximum atomic E-state index is 12.6. The van der Waals surface area contributed by atoms with Gasteiger partial charge in [0.25, 0.3) is 5.91 Å². The van der Waals surface area contributed by atoms with E-state index >= 15 is 0 Å². The van der Waals surface area contributed by atoms with Crippen LogP contribution in [0.15, 0.2) is 36.4 Å². The highest BCUT2D eigenvalue weighted by Crippen LogP contribution is 2.18. The topological polar surface area (TPSA) is 48.5 Å². The summed E-state index contributed by atoms with van der Waals surface area (Å²) in [5, 5.41) is 2.98. The molecule has 1 saturated heterocycles. The number of aromatic nitrogens is 1. The van der Waals surface area contributed by atoms with Crippen LogP contribution in [0.4, 0.5) is 11.5 Å². The molecule has 1 aromatic carbocycles. The molecule has 0 saturated carbocycles. The van der Waals surface area contributed by atoms with E-state index in [0.29, 0.717) is 5.69 Å². The standard InChI is InChI=1S/C19H24N4O/c1-14-7-8-15(2)17(13-14)21-19(24)16-5-4-6-18(20-16)23-11-9-22(3)10-12-23/h4-8,13H,9-12H2,1-3H3,(H,21,24). The molecule has 0 bridgehead atoms. The Hall–Kier alpha value is -2.40. The van der Waals surface area contributed by atoms with Crippen molar-refractivity contribution >= 4 is 17.4 Å². The number of aryl methyl sites for hydroxylation is 2. The number of carbonyl (C=O) groups is 1. The van der Waals surface area contributed by atoms with Gasteiger partial charge in [-0.1, -0.05) is 18.2 Å². The monoisotopic (exact) mass is 324 g/mol. The number of likely N-dealkylation sites (N-methyl/N-ethyl adjacent to an activating group) is 1. The van der Waals surface area contributed by atoms with Gasteiger partial charge >= 0.3 is 0 Å². The van der Waals surface area contributed by atoms with Gasteiger partial charge in [0.1, 0.15) is 11.5 Å². The molecule has 2 heterocycles. The summed E-state index contributed by atoms with van der Waals surface area (Å²) in [6, 6.07) is 11.7. The maximum Gasteiger partial charge on any atom is 0.274 e. The lowest BCUT2D eigenvalue weighted by Crippen LogP contribution is -2.44. The van der Waals surface area contributed by atoms with Crippen molar-refractivity contribution in [2.24, 2.45) is 0 Å². The highest BCUT2D eigenvalue weighted by Gasteiger charge is 2.17. The minimum absolute atomic E-state index is 0.167. The van der Waals surface area contributed by atoms with E-state index in [1.807, 2.05) is 44.2 Å². The quantitative estimate of drug-likeness (QED) is 0.943. The van der Waals surface area contributed by atoms with Crippen molar-refractivity contribution < 1.29 is 4.79 Å². The van der Waals surface area contributed by atoms with E-state index in [0.717, 1.165) is 48.8 Å². The molecule has 0 unspecified atom stereocenters. The van der Waals surface area contributed by atoms with Crippen LogP contribution in [-0.2, 0) is 0 Å². The highest BCUT2D eigenvalue weighted by atomic mass is 16.1. The molecule has 1 amide bonds. The molecule has 5 nitrogen and oxygen atoms in total. The Labute approximate surface area is 143 Å². The fourth-order valence-corrected chi connectivity index (χ4v) is 2.82. The van der Waals surface area contributed by atoms with Crippen LogP contribution in [-0.4, -0.2) is 49.0 Å². The number of nitrogens with one attached hydrogen (secondary N) is 1. The predicted molar refractivity (Wildman–Crippen MR) is 97.8 cm³/mol. The van der Waals surface area contributed by atoms with Crippen LogP contribution in [0.2, 0.25) is 0 Å². The average Bonchev–Trinajstić information content (AvgIpc) is 2.59. The van der Waals surface area contributed by atoms with Crippen molar-refractivity contribution in [3.05, 3.63) is 53.2 Å². The first-order valence-electron chi connectivity index (χ1n) is 8.32. The average molecular weight is 324 g/mol. The Morgan fingerprint density at radius 2 is 1.83 bits per heavy atom. The maximum absolute atomic E-state index is 12.6. The summed E-state index contributed by atoms with van der Waals surface area (Å²) in [5.74, 6) is 0.705. The van der Waals surface area contributed by atoms with Crippen molar-refractivity contribution in [1.82, 2.24) is 9.88 Å². The number of anilines is 2. The van der Waals surface area contributed by atoms with Crippen LogP contribution in [0.5, 0.6) is 0 Å². The molecule has 0 radical (unpaired) electrons. The Bertz CT molecular complexity index is 736. The van der Waals surface area contributed by atoms with Gasteiger partial charge in [-0.3, -0.25) is 4.79 Å². The minimum Gasteiger partial charge on any atom is -0.354 e. The number of rotatable bonds is 3. The number of amides is 1. The van der Waals surface area contributed by atoms with Crippen LogP contribution in [0.1, 0.15) is 21.6 Å². The van der Waals surface area contributed by atoms with Crippen LogP contribution >= 0.6 is 0 Å². The SMILES string of the molecule is Cc1ccc(C)c(NC(=O)c2cccc(N3CCN(C)CC3)n2)c1. The zero-order valence-electron chi connectivity index (χ0n) is 14.5. The van der Waals surface area contributed by atoms with E-state index < -0.39 is 0 Å². The number of hydrogen-bond acceptors (Lipinski definition) is 4. The third kappa shape index (κ3) is 3.74. The Morgan fingerprint density at radius 1 is 1.08 bits per heavy atom. The van der Waals surface area contributed by atoms with Crippen LogP contribution in [0.3, 0.4) is 0 Å². The number of hydrogen-bond donors (Lipinski definition) is 1. The van der Waals surface area contributed by atoms with E-state index in [2.05, 4.69) is 27.1 Å². The molecule has 1 aliphatic rings. The molecule has 24 heavy (non-hydrogen) atoms. The normalized spacial score (nSPS) is 15.4. The second-order valence-corrected chi connectivity index (χ2v) is 6.44. The van der Waals surface area contributed by atoms with E-state index in [4.69, 9.17) is 0 Å². The second-order valence-electron chi connectivity index (χ2n) is 6.44. The molecule has 0 atom stereocenters. The summed E-state index contributed by atoms with van der Waals surface area (Å²) in [6.45, 7) is 7.91. The van der Waals surface area contributed by atoms with Crippen molar-refractivity contribution in [3.63, 3.8) is 0 Å². The van der Waals surface area contributed by atoms with Gasteiger partial charge in [-0.15, -0.1) is 0 Å². The van der Waals surface area contributed by atoms with Gasteiger partial charge in [0, 0.05) is 31.9 Å². The molecule has 1 aromatic heterocycles. The molecule has 1 N–H and O–H groups in total. The number of carbonyl (C=O) groups excluding carboxylic acids is 1. The lowest BCUT2D eigenvalue weighted by molar-refractivity contribution is 0.102. The Kier molecular flexibility index (Phi) is 4.81. The fourth-order valence-electron chi connectivity index (χ4n) is 2.82. The molecule has 3 rings (SSSR count). The van der Waals surface area contributed by atoms with Crippen molar-refractivity contribution in [1.29, 1.82) is 0 Å².